The van der Waals surface area contributed by atoms with Crippen LogP contribution in [0.5, 0.6) is 0 Å². The summed E-state index contributed by atoms with van der Waals surface area (Å²) in [6.45, 7) is 7.51. The Hall–Kier alpha value is -1.59. The third-order valence-corrected chi connectivity index (χ3v) is 5.97. The average molecular weight is 452 g/mol. The van der Waals surface area contributed by atoms with Gasteiger partial charge < -0.3 is 10.6 Å². The molecule has 0 radical (unpaired) electrons. The van der Waals surface area contributed by atoms with Gasteiger partial charge in [0.1, 0.15) is 0 Å². The van der Waals surface area contributed by atoms with Gasteiger partial charge in [-0.1, -0.05) is 74.5 Å². The molecule has 0 aliphatic carbocycles. The van der Waals surface area contributed by atoms with E-state index in [1.54, 1.807) is 0 Å². The lowest BCUT2D eigenvalue weighted by atomic mass is 9.84. The van der Waals surface area contributed by atoms with E-state index < -0.39 is 0 Å². The van der Waals surface area contributed by atoms with Gasteiger partial charge >= 0.3 is 0 Å². The fourth-order valence-corrected chi connectivity index (χ4v) is 4.72. The molecule has 2 aromatic rings. The summed E-state index contributed by atoms with van der Waals surface area (Å²) >= 11 is 0. The predicted molar refractivity (Wildman–Crippen MR) is 129 cm³/mol. The molecule has 3 unspecified atom stereocenters. The number of rotatable bonds is 6. The second-order valence-electron chi connectivity index (χ2n) is 8.35. The Morgan fingerprint density at radius 3 is 2.03 bits per heavy atom. The van der Waals surface area contributed by atoms with Gasteiger partial charge in [0.05, 0.1) is 0 Å². The number of carbonyl (C=O) groups is 1. The first kappa shape index (κ1) is 26.4. The van der Waals surface area contributed by atoms with Crippen LogP contribution in [0.2, 0.25) is 0 Å². The molecule has 166 valence electrons. The van der Waals surface area contributed by atoms with E-state index in [1.165, 1.54) is 5.56 Å². The molecule has 4 nitrogen and oxygen atoms in total. The Kier molecular flexibility index (Phi) is 10.9. The molecule has 1 saturated heterocycles. The number of amides is 1. The predicted octanol–water partition coefficient (Wildman–Crippen LogP) is 4.54. The van der Waals surface area contributed by atoms with Crippen molar-refractivity contribution in [3.05, 3.63) is 71.8 Å². The van der Waals surface area contributed by atoms with E-state index in [-0.39, 0.29) is 42.8 Å². The Morgan fingerprint density at radius 2 is 1.50 bits per heavy atom. The summed E-state index contributed by atoms with van der Waals surface area (Å²) in [7, 11) is 1.95. The minimum absolute atomic E-state index is 0. The first-order chi connectivity index (χ1) is 13.5. The number of hydrogen-bond acceptors (Lipinski definition) is 3. The number of nitrogens with two attached hydrogens (primary N) is 1. The highest BCUT2D eigenvalue weighted by Gasteiger charge is 2.36. The van der Waals surface area contributed by atoms with Gasteiger partial charge in [0.15, 0.2) is 0 Å². The van der Waals surface area contributed by atoms with Crippen LogP contribution in [0.3, 0.4) is 0 Å². The van der Waals surface area contributed by atoms with Gasteiger partial charge in [0, 0.05) is 45.2 Å². The van der Waals surface area contributed by atoms with Gasteiger partial charge in [-0.3, -0.25) is 9.69 Å². The summed E-state index contributed by atoms with van der Waals surface area (Å²) in [6, 6.07) is 20.5. The van der Waals surface area contributed by atoms with Gasteiger partial charge in [0.25, 0.3) is 0 Å². The molecule has 1 fully saturated rings. The van der Waals surface area contributed by atoms with Crippen LogP contribution in [0, 0.1) is 11.8 Å². The largest absolute Gasteiger partial charge is 0.342 e. The zero-order valence-electron chi connectivity index (χ0n) is 18.1. The highest BCUT2D eigenvalue weighted by molar-refractivity contribution is 5.85. The van der Waals surface area contributed by atoms with Crippen LogP contribution in [0.15, 0.2) is 60.7 Å². The van der Waals surface area contributed by atoms with Crippen molar-refractivity contribution in [2.45, 2.75) is 38.9 Å². The van der Waals surface area contributed by atoms with Crippen molar-refractivity contribution >= 4 is 30.7 Å². The van der Waals surface area contributed by atoms with Gasteiger partial charge in [-0.25, -0.2) is 0 Å². The molecular weight excluding hydrogens is 417 g/mol. The SMILES string of the molecule is CC1CN(Cc2ccccc2)CC(C)C1N(C)C(=O)CC(N)c1ccccc1.Cl.Cl. The summed E-state index contributed by atoms with van der Waals surface area (Å²) in [5, 5.41) is 0. The molecule has 2 aromatic carbocycles. The molecule has 30 heavy (non-hydrogen) atoms. The van der Waals surface area contributed by atoms with E-state index in [1.807, 2.05) is 42.3 Å². The van der Waals surface area contributed by atoms with E-state index in [9.17, 15) is 4.79 Å². The zero-order chi connectivity index (χ0) is 20.1. The monoisotopic (exact) mass is 451 g/mol. The molecule has 0 saturated carbocycles. The highest BCUT2D eigenvalue weighted by Crippen LogP contribution is 2.28. The molecular formula is C24H35Cl2N3O. The lowest BCUT2D eigenvalue weighted by Crippen LogP contribution is -2.55. The van der Waals surface area contributed by atoms with E-state index in [0.717, 1.165) is 25.2 Å². The third kappa shape index (κ3) is 6.71. The molecule has 1 amide bonds. The minimum atomic E-state index is -0.250. The van der Waals surface area contributed by atoms with Crippen molar-refractivity contribution in [1.82, 2.24) is 9.80 Å². The summed E-state index contributed by atoms with van der Waals surface area (Å²) < 4.78 is 0. The number of nitrogens with zero attached hydrogens (tertiary/aromatic N) is 2. The maximum atomic E-state index is 12.9. The van der Waals surface area contributed by atoms with Crippen LogP contribution in [0.4, 0.5) is 0 Å². The summed E-state index contributed by atoms with van der Waals surface area (Å²) in [5.41, 5.74) is 8.65. The number of hydrogen-bond donors (Lipinski definition) is 1. The highest BCUT2D eigenvalue weighted by atomic mass is 35.5. The standard InChI is InChI=1S/C24H33N3O.2ClH/c1-18-15-27(17-20-10-6-4-7-11-20)16-19(2)24(18)26(3)23(28)14-22(25)21-12-8-5-9-13-21;;/h4-13,18-19,22,24H,14-17,25H2,1-3H3;2*1H. The Bertz CT molecular complexity index is 748. The molecule has 0 spiro atoms. The molecule has 6 heteroatoms. The molecule has 1 heterocycles. The average Bonchev–Trinajstić information content (AvgIpc) is 2.68. The number of piperidine rings is 1. The van der Waals surface area contributed by atoms with Crippen LogP contribution in [-0.4, -0.2) is 41.9 Å². The topological polar surface area (TPSA) is 49.6 Å². The molecule has 0 bridgehead atoms. The van der Waals surface area contributed by atoms with Crippen molar-refractivity contribution in [3.8, 4) is 0 Å². The zero-order valence-corrected chi connectivity index (χ0v) is 19.7. The van der Waals surface area contributed by atoms with Gasteiger partial charge in [0.2, 0.25) is 5.91 Å². The van der Waals surface area contributed by atoms with E-state index in [2.05, 4.69) is 49.1 Å². The molecule has 3 rings (SSSR count). The second kappa shape index (κ2) is 12.3. The van der Waals surface area contributed by atoms with Gasteiger partial charge in [-0.05, 0) is 23.0 Å². The van der Waals surface area contributed by atoms with Crippen LogP contribution in [0.1, 0.15) is 37.4 Å². The lowest BCUT2D eigenvalue weighted by molar-refractivity contribution is -0.136. The van der Waals surface area contributed by atoms with E-state index in [4.69, 9.17) is 5.73 Å². The number of carbonyl (C=O) groups excluding carboxylic acids is 1. The van der Waals surface area contributed by atoms with Crippen LogP contribution in [0.25, 0.3) is 0 Å². The fourth-order valence-electron chi connectivity index (χ4n) is 4.72. The summed E-state index contributed by atoms with van der Waals surface area (Å²) in [6.07, 6.45) is 0.351. The lowest BCUT2D eigenvalue weighted by Gasteiger charge is -2.45. The molecule has 1 aliphatic rings. The van der Waals surface area contributed by atoms with Crippen molar-refractivity contribution in [1.29, 1.82) is 0 Å². The van der Waals surface area contributed by atoms with E-state index in [0.29, 0.717) is 18.3 Å². The van der Waals surface area contributed by atoms with E-state index >= 15 is 0 Å². The molecule has 0 aromatic heterocycles. The maximum absolute atomic E-state index is 12.9. The quantitative estimate of drug-likeness (QED) is 0.701. The maximum Gasteiger partial charge on any atom is 0.224 e. The van der Waals surface area contributed by atoms with Crippen molar-refractivity contribution in [2.24, 2.45) is 17.6 Å². The Balaban J connectivity index is 0.00000225. The minimum Gasteiger partial charge on any atom is -0.342 e. The van der Waals surface area contributed by atoms with Crippen molar-refractivity contribution in [3.63, 3.8) is 0 Å². The third-order valence-electron chi connectivity index (χ3n) is 5.97. The number of benzene rings is 2. The first-order valence-electron chi connectivity index (χ1n) is 10.3. The van der Waals surface area contributed by atoms with Crippen LogP contribution >= 0.6 is 24.8 Å². The van der Waals surface area contributed by atoms with Gasteiger partial charge in [-0.15, -0.1) is 24.8 Å². The Morgan fingerprint density at radius 1 is 1.00 bits per heavy atom. The number of halogens is 2. The first-order valence-corrected chi connectivity index (χ1v) is 10.3. The fraction of sp³-hybridized carbons (Fsp3) is 0.458. The van der Waals surface area contributed by atoms with Gasteiger partial charge in [-0.2, -0.15) is 0 Å². The van der Waals surface area contributed by atoms with Crippen molar-refractivity contribution < 1.29 is 4.79 Å². The normalized spacial score (nSPS) is 22.3. The second-order valence-corrected chi connectivity index (χ2v) is 8.35. The summed E-state index contributed by atoms with van der Waals surface area (Å²) in [5.74, 6) is 0.986. The smallest absolute Gasteiger partial charge is 0.224 e. The number of likely N-dealkylation sites (tertiary alicyclic amines) is 1. The Labute approximate surface area is 193 Å². The molecule has 2 N–H and O–H groups in total. The molecule has 1 aliphatic heterocycles. The van der Waals surface area contributed by atoms with Crippen molar-refractivity contribution in [2.75, 3.05) is 20.1 Å². The van der Waals surface area contributed by atoms with Crippen LogP contribution < -0.4 is 5.73 Å². The summed E-state index contributed by atoms with van der Waals surface area (Å²) in [4.78, 5) is 17.4. The van der Waals surface area contributed by atoms with Crippen LogP contribution in [-0.2, 0) is 11.3 Å². The molecule has 3 atom stereocenters.